The summed E-state index contributed by atoms with van der Waals surface area (Å²) < 4.78 is 5.21. The van der Waals surface area contributed by atoms with Crippen LogP contribution < -0.4 is 20.1 Å². The van der Waals surface area contributed by atoms with Gasteiger partial charge in [0.1, 0.15) is 17.4 Å². The average Bonchev–Trinajstić information content (AvgIpc) is 2.66. The van der Waals surface area contributed by atoms with Crippen LogP contribution in [0.15, 0.2) is 54.1 Å². The van der Waals surface area contributed by atoms with Crippen LogP contribution in [0.25, 0.3) is 6.08 Å². The maximum Gasteiger partial charge on any atom is 0.270 e. The Bertz CT molecular complexity index is 1030. The van der Waals surface area contributed by atoms with Crippen LogP contribution in [-0.4, -0.2) is 29.0 Å². The zero-order valence-electron chi connectivity index (χ0n) is 15.7. The molecule has 0 aromatic heterocycles. The number of hydrogen-bond acceptors (Lipinski definition) is 6. The molecule has 2 aromatic carbocycles. The van der Waals surface area contributed by atoms with E-state index in [2.05, 4.69) is 5.32 Å². The average molecular weight is 409 g/mol. The number of carboxylic acid groups (broad SMARTS) is 1. The van der Waals surface area contributed by atoms with Crippen molar-refractivity contribution in [3.8, 4) is 5.75 Å². The maximum atomic E-state index is 13.0. The number of hydrogen-bond donors (Lipinski definition) is 1. The molecule has 0 spiro atoms. The van der Waals surface area contributed by atoms with Gasteiger partial charge in [-0.15, -0.1) is 0 Å². The molecular formula is C21H17N2O5S-. The molecule has 2 amide bonds. The fraction of sp³-hybridized carbons (Fsp3) is 0.143. The van der Waals surface area contributed by atoms with Gasteiger partial charge in [-0.25, -0.2) is 0 Å². The predicted octanol–water partition coefficient (Wildman–Crippen LogP) is 1.34. The van der Waals surface area contributed by atoms with Crippen molar-refractivity contribution in [2.75, 3.05) is 4.90 Å². The summed E-state index contributed by atoms with van der Waals surface area (Å²) in [7, 11) is 0. The van der Waals surface area contributed by atoms with Crippen LogP contribution in [0.4, 0.5) is 5.69 Å². The summed E-state index contributed by atoms with van der Waals surface area (Å²) in [5.74, 6) is -2.12. The van der Waals surface area contributed by atoms with Gasteiger partial charge in [-0.3, -0.25) is 19.8 Å². The van der Waals surface area contributed by atoms with Gasteiger partial charge in [0.05, 0.1) is 11.7 Å². The number of thiocarbonyl (C=S) groups is 1. The van der Waals surface area contributed by atoms with Crippen LogP contribution in [0, 0.1) is 6.92 Å². The van der Waals surface area contributed by atoms with Crippen LogP contribution in [0.2, 0.25) is 0 Å². The molecule has 1 N–H and O–H groups in total. The second-order valence-corrected chi connectivity index (χ2v) is 6.83. The lowest BCUT2D eigenvalue weighted by molar-refractivity contribution is -0.312. The monoisotopic (exact) mass is 409 g/mol. The smallest absolute Gasteiger partial charge is 0.270 e. The molecule has 0 saturated carbocycles. The first-order valence-corrected chi connectivity index (χ1v) is 9.13. The normalized spacial score (nSPS) is 16.6. The Morgan fingerprint density at radius 1 is 1.21 bits per heavy atom. The van der Waals surface area contributed by atoms with Crippen molar-refractivity contribution in [3.05, 3.63) is 65.2 Å². The Morgan fingerprint density at radius 3 is 2.52 bits per heavy atom. The molecule has 7 nitrogen and oxygen atoms in total. The highest BCUT2D eigenvalue weighted by atomic mass is 32.1. The van der Waals surface area contributed by atoms with Crippen LogP contribution in [-0.2, 0) is 14.4 Å². The minimum Gasteiger partial charge on any atom is -0.546 e. The quantitative estimate of drug-likeness (QED) is 0.455. The Balaban J connectivity index is 1.87. The summed E-state index contributed by atoms with van der Waals surface area (Å²) in [4.78, 5) is 37.3. The number of rotatable bonds is 5. The Hall–Kier alpha value is -3.52. The summed E-state index contributed by atoms with van der Waals surface area (Å²) in [5, 5.41) is 13.3. The molecule has 29 heavy (non-hydrogen) atoms. The molecule has 1 aliphatic rings. The summed E-state index contributed by atoms with van der Waals surface area (Å²) in [6.45, 7) is 3.25. The van der Waals surface area contributed by atoms with Crippen molar-refractivity contribution < 1.29 is 24.2 Å². The third-order valence-corrected chi connectivity index (χ3v) is 4.48. The summed E-state index contributed by atoms with van der Waals surface area (Å²) >= 11 is 5.18. The van der Waals surface area contributed by atoms with E-state index in [1.54, 1.807) is 42.5 Å². The van der Waals surface area contributed by atoms with E-state index in [1.165, 1.54) is 17.9 Å². The van der Waals surface area contributed by atoms with E-state index in [9.17, 15) is 19.5 Å². The van der Waals surface area contributed by atoms with Gasteiger partial charge in [-0.05, 0) is 67.5 Å². The molecular weight excluding hydrogens is 392 g/mol. The summed E-state index contributed by atoms with van der Waals surface area (Å²) in [6.07, 6.45) is 0.336. The van der Waals surface area contributed by atoms with Gasteiger partial charge >= 0.3 is 0 Å². The lowest BCUT2D eigenvalue weighted by Gasteiger charge is -2.29. The standard InChI is InChI=1S/C21H18N2O5S/c1-12-4-3-5-15(10-12)23-19(25)17(18(24)22-21(23)29)11-14-6-8-16(9-7-14)28-13(2)20(26)27/h3-11,13H,1-2H3,(H,26,27)(H,22,24,29)/p-1/b17-11-/t13-/m0/s1. The Labute approximate surface area is 172 Å². The number of amides is 2. The van der Waals surface area contributed by atoms with E-state index < -0.39 is 23.9 Å². The number of anilines is 1. The highest BCUT2D eigenvalue weighted by Gasteiger charge is 2.34. The van der Waals surface area contributed by atoms with Crippen LogP contribution in [0.5, 0.6) is 5.75 Å². The molecule has 1 heterocycles. The Morgan fingerprint density at radius 2 is 1.90 bits per heavy atom. The first-order valence-electron chi connectivity index (χ1n) is 8.72. The van der Waals surface area contributed by atoms with Crippen molar-refractivity contribution >= 4 is 46.9 Å². The lowest BCUT2D eigenvalue weighted by atomic mass is 10.1. The molecule has 148 valence electrons. The van der Waals surface area contributed by atoms with Gasteiger partial charge in [-0.1, -0.05) is 24.3 Å². The van der Waals surface area contributed by atoms with Crippen molar-refractivity contribution in [3.63, 3.8) is 0 Å². The van der Waals surface area contributed by atoms with E-state index in [0.717, 1.165) is 5.56 Å². The zero-order chi connectivity index (χ0) is 21.1. The molecule has 1 aliphatic heterocycles. The van der Waals surface area contributed by atoms with E-state index in [4.69, 9.17) is 17.0 Å². The minimum absolute atomic E-state index is 0.0164. The third-order valence-electron chi connectivity index (χ3n) is 4.20. The van der Waals surface area contributed by atoms with Crippen LogP contribution in [0.3, 0.4) is 0 Å². The van der Waals surface area contributed by atoms with E-state index >= 15 is 0 Å². The third kappa shape index (κ3) is 4.49. The highest BCUT2D eigenvalue weighted by molar-refractivity contribution is 7.80. The molecule has 1 atom stereocenters. The summed E-state index contributed by atoms with van der Waals surface area (Å²) in [6, 6.07) is 13.5. The first-order chi connectivity index (χ1) is 13.8. The summed E-state index contributed by atoms with van der Waals surface area (Å²) in [5.41, 5.74) is 2.00. The van der Waals surface area contributed by atoms with Gasteiger partial charge in [-0.2, -0.15) is 0 Å². The fourth-order valence-corrected chi connectivity index (χ4v) is 3.00. The largest absolute Gasteiger partial charge is 0.546 e. The topological polar surface area (TPSA) is 98.8 Å². The maximum absolute atomic E-state index is 13.0. The molecule has 2 aromatic rings. The number of benzene rings is 2. The van der Waals surface area contributed by atoms with Crippen LogP contribution >= 0.6 is 12.2 Å². The van der Waals surface area contributed by atoms with Crippen molar-refractivity contribution in [1.29, 1.82) is 0 Å². The van der Waals surface area contributed by atoms with Crippen molar-refractivity contribution in [1.82, 2.24) is 5.32 Å². The van der Waals surface area contributed by atoms with E-state index in [0.29, 0.717) is 17.0 Å². The molecule has 1 saturated heterocycles. The molecule has 8 heteroatoms. The Kier molecular flexibility index (Phi) is 5.74. The molecule has 0 bridgehead atoms. The molecule has 0 unspecified atom stereocenters. The van der Waals surface area contributed by atoms with E-state index in [1.807, 2.05) is 13.0 Å². The number of nitrogens with zero attached hydrogens (tertiary/aromatic N) is 1. The highest BCUT2D eigenvalue weighted by Crippen LogP contribution is 2.23. The van der Waals surface area contributed by atoms with Gasteiger partial charge in [0.15, 0.2) is 5.11 Å². The number of carboxylic acids is 1. The SMILES string of the molecule is Cc1cccc(N2C(=O)/C(=C\c3ccc(O[C@@H](C)C(=O)[O-])cc3)C(=O)NC2=S)c1. The second-order valence-electron chi connectivity index (χ2n) is 6.45. The van der Waals surface area contributed by atoms with Crippen molar-refractivity contribution in [2.45, 2.75) is 20.0 Å². The van der Waals surface area contributed by atoms with Gasteiger partial charge < -0.3 is 14.6 Å². The number of carbonyl (C=O) groups excluding carboxylic acids is 3. The number of carbonyl (C=O) groups is 3. The molecule has 0 aliphatic carbocycles. The first kappa shape index (κ1) is 20.2. The van der Waals surface area contributed by atoms with Crippen LogP contribution in [0.1, 0.15) is 18.1 Å². The number of aliphatic carboxylic acids is 1. The fourth-order valence-electron chi connectivity index (χ4n) is 2.72. The van der Waals surface area contributed by atoms with Gasteiger partial charge in [0.2, 0.25) is 0 Å². The number of aryl methyl sites for hydroxylation is 1. The number of nitrogens with one attached hydrogen (secondary N) is 1. The van der Waals surface area contributed by atoms with Crippen molar-refractivity contribution in [2.24, 2.45) is 0 Å². The van der Waals surface area contributed by atoms with Gasteiger partial charge in [0.25, 0.3) is 11.8 Å². The molecule has 1 fully saturated rings. The number of ether oxygens (including phenoxy) is 1. The van der Waals surface area contributed by atoms with E-state index in [-0.39, 0.29) is 10.7 Å². The lowest BCUT2D eigenvalue weighted by Crippen LogP contribution is -2.54. The second kappa shape index (κ2) is 8.24. The predicted molar refractivity (Wildman–Crippen MR) is 109 cm³/mol. The zero-order valence-corrected chi connectivity index (χ0v) is 16.5. The molecule has 0 radical (unpaired) electrons. The van der Waals surface area contributed by atoms with Gasteiger partial charge in [0, 0.05) is 0 Å². The molecule has 3 rings (SSSR count). The minimum atomic E-state index is -1.33.